The molecule has 15 heavy (non-hydrogen) atoms. The number of halogens is 2. The minimum atomic E-state index is -3.64. The third-order valence-corrected chi connectivity index (χ3v) is 4.34. The standard InChI is InChI=1S/C8H10Cl2N2O2S/c1-12(2)15(13,14)8-6(10)3-5(9)4-7(8)11/h3-4H,11H2,1-2H3. The first-order valence-corrected chi connectivity index (χ1v) is 6.13. The van der Waals surface area contributed by atoms with E-state index in [4.69, 9.17) is 28.9 Å². The SMILES string of the molecule is CN(C)S(=O)(=O)c1c(N)cc(Cl)cc1Cl. The van der Waals surface area contributed by atoms with E-state index in [0.29, 0.717) is 5.02 Å². The molecular weight excluding hydrogens is 259 g/mol. The summed E-state index contributed by atoms with van der Waals surface area (Å²) in [6.45, 7) is 0. The number of sulfonamides is 1. The van der Waals surface area contributed by atoms with Crippen molar-refractivity contribution in [3.8, 4) is 0 Å². The number of anilines is 1. The Balaban J connectivity index is 3.52. The number of hydrogen-bond acceptors (Lipinski definition) is 3. The van der Waals surface area contributed by atoms with E-state index in [1.807, 2.05) is 0 Å². The molecule has 4 nitrogen and oxygen atoms in total. The van der Waals surface area contributed by atoms with Crippen LogP contribution in [0.25, 0.3) is 0 Å². The van der Waals surface area contributed by atoms with Crippen LogP contribution in [0.5, 0.6) is 0 Å². The molecular formula is C8H10Cl2N2O2S. The summed E-state index contributed by atoms with van der Waals surface area (Å²) < 4.78 is 24.6. The van der Waals surface area contributed by atoms with E-state index in [2.05, 4.69) is 0 Å². The summed E-state index contributed by atoms with van der Waals surface area (Å²) in [7, 11) is -0.832. The van der Waals surface area contributed by atoms with Crippen molar-refractivity contribution >= 4 is 38.9 Å². The average molecular weight is 269 g/mol. The Morgan fingerprint density at radius 1 is 1.27 bits per heavy atom. The Kier molecular flexibility index (Phi) is 3.50. The summed E-state index contributed by atoms with van der Waals surface area (Å²) in [6.07, 6.45) is 0. The van der Waals surface area contributed by atoms with Crippen molar-refractivity contribution in [2.24, 2.45) is 0 Å². The zero-order valence-electron chi connectivity index (χ0n) is 8.16. The van der Waals surface area contributed by atoms with Crippen molar-refractivity contribution in [2.45, 2.75) is 4.90 Å². The van der Waals surface area contributed by atoms with Crippen LogP contribution in [0.2, 0.25) is 10.0 Å². The van der Waals surface area contributed by atoms with E-state index in [9.17, 15) is 8.42 Å². The Morgan fingerprint density at radius 3 is 2.20 bits per heavy atom. The molecule has 1 aromatic rings. The van der Waals surface area contributed by atoms with Crippen molar-refractivity contribution in [3.05, 3.63) is 22.2 Å². The van der Waals surface area contributed by atoms with E-state index in [-0.39, 0.29) is 15.6 Å². The number of nitrogens with two attached hydrogens (primary N) is 1. The van der Waals surface area contributed by atoms with Crippen LogP contribution in [0.15, 0.2) is 17.0 Å². The van der Waals surface area contributed by atoms with Gasteiger partial charge < -0.3 is 5.73 Å². The number of nitrogens with zero attached hydrogens (tertiary/aromatic N) is 1. The van der Waals surface area contributed by atoms with Crippen molar-refractivity contribution in [2.75, 3.05) is 19.8 Å². The van der Waals surface area contributed by atoms with Crippen molar-refractivity contribution in [1.29, 1.82) is 0 Å². The summed E-state index contributed by atoms with van der Waals surface area (Å²) in [4.78, 5) is -0.112. The topological polar surface area (TPSA) is 63.4 Å². The molecule has 0 saturated heterocycles. The Labute approximate surface area is 98.6 Å². The molecule has 0 heterocycles. The van der Waals surface area contributed by atoms with Gasteiger partial charge in [-0.25, -0.2) is 12.7 Å². The zero-order chi connectivity index (χ0) is 11.8. The average Bonchev–Trinajstić information content (AvgIpc) is 2.00. The molecule has 0 spiro atoms. The third kappa shape index (κ3) is 2.36. The molecule has 1 rings (SSSR count). The lowest BCUT2D eigenvalue weighted by Gasteiger charge is -2.14. The minimum Gasteiger partial charge on any atom is -0.398 e. The molecule has 0 aromatic heterocycles. The first kappa shape index (κ1) is 12.6. The fraction of sp³-hybridized carbons (Fsp3) is 0.250. The lowest BCUT2D eigenvalue weighted by molar-refractivity contribution is 0.521. The van der Waals surface area contributed by atoms with Gasteiger partial charge in [0, 0.05) is 19.1 Å². The highest BCUT2D eigenvalue weighted by Crippen LogP contribution is 2.32. The first-order chi connectivity index (χ1) is 6.76. The van der Waals surface area contributed by atoms with E-state index >= 15 is 0 Å². The largest absolute Gasteiger partial charge is 0.398 e. The molecule has 0 bridgehead atoms. The minimum absolute atomic E-state index is 0.0219. The van der Waals surface area contributed by atoms with Gasteiger partial charge in [0.2, 0.25) is 10.0 Å². The van der Waals surface area contributed by atoms with Gasteiger partial charge in [-0.2, -0.15) is 0 Å². The zero-order valence-corrected chi connectivity index (χ0v) is 10.5. The summed E-state index contributed by atoms with van der Waals surface area (Å²) in [5.74, 6) is 0. The third-order valence-electron chi connectivity index (χ3n) is 1.78. The molecule has 1 aromatic carbocycles. The lowest BCUT2D eigenvalue weighted by atomic mass is 10.3. The Bertz CT molecular complexity index is 462. The van der Waals surface area contributed by atoms with Gasteiger partial charge in [-0.1, -0.05) is 23.2 Å². The van der Waals surface area contributed by atoms with Gasteiger partial charge in [0.25, 0.3) is 0 Å². The second kappa shape index (κ2) is 4.17. The Morgan fingerprint density at radius 2 is 1.80 bits per heavy atom. The molecule has 84 valence electrons. The van der Waals surface area contributed by atoms with Gasteiger partial charge in [-0.15, -0.1) is 0 Å². The van der Waals surface area contributed by atoms with Crippen LogP contribution in [-0.4, -0.2) is 26.8 Å². The highest BCUT2D eigenvalue weighted by molar-refractivity contribution is 7.89. The van der Waals surface area contributed by atoms with Gasteiger partial charge in [0.1, 0.15) is 4.90 Å². The van der Waals surface area contributed by atoms with Crippen LogP contribution in [-0.2, 0) is 10.0 Å². The number of benzene rings is 1. The van der Waals surface area contributed by atoms with Gasteiger partial charge >= 0.3 is 0 Å². The predicted molar refractivity (Wildman–Crippen MR) is 61.7 cm³/mol. The van der Waals surface area contributed by atoms with Crippen LogP contribution >= 0.6 is 23.2 Å². The second-order valence-electron chi connectivity index (χ2n) is 3.09. The highest BCUT2D eigenvalue weighted by Gasteiger charge is 2.24. The number of hydrogen-bond donors (Lipinski definition) is 1. The summed E-state index contributed by atoms with van der Waals surface area (Å²) in [5, 5.41) is 0.323. The summed E-state index contributed by atoms with van der Waals surface area (Å²) >= 11 is 11.5. The van der Waals surface area contributed by atoms with Gasteiger partial charge in [-0.3, -0.25) is 0 Å². The van der Waals surface area contributed by atoms with Crippen molar-refractivity contribution in [3.63, 3.8) is 0 Å². The van der Waals surface area contributed by atoms with E-state index in [0.717, 1.165) is 4.31 Å². The molecule has 7 heteroatoms. The quantitative estimate of drug-likeness (QED) is 0.833. The first-order valence-electron chi connectivity index (χ1n) is 3.94. The van der Waals surface area contributed by atoms with Crippen LogP contribution in [0.3, 0.4) is 0 Å². The fourth-order valence-electron chi connectivity index (χ4n) is 1.03. The van der Waals surface area contributed by atoms with E-state index in [1.54, 1.807) is 0 Å². The molecule has 0 fully saturated rings. The van der Waals surface area contributed by atoms with Crippen molar-refractivity contribution < 1.29 is 8.42 Å². The molecule has 0 atom stereocenters. The van der Waals surface area contributed by atoms with Crippen LogP contribution < -0.4 is 5.73 Å². The number of nitrogen functional groups attached to an aromatic ring is 1. The summed E-state index contributed by atoms with van der Waals surface area (Å²) in [6, 6.07) is 2.69. The van der Waals surface area contributed by atoms with Crippen LogP contribution in [0, 0.1) is 0 Å². The van der Waals surface area contributed by atoms with Gasteiger partial charge in [0.15, 0.2) is 0 Å². The maximum Gasteiger partial charge on any atom is 0.246 e. The molecule has 2 N–H and O–H groups in total. The van der Waals surface area contributed by atoms with Crippen LogP contribution in [0.1, 0.15) is 0 Å². The molecule has 0 aliphatic rings. The molecule has 0 radical (unpaired) electrons. The van der Waals surface area contributed by atoms with Crippen LogP contribution in [0.4, 0.5) is 5.69 Å². The normalized spacial score (nSPS) is 12.1. The second-order valence-corrected chi connectivity index (χ2v) is 6.03. The monoisotopic (exact) mass is 268 g/mol. The maximum absolute atomic E-state index is 11.8. The molecule has 0 unspecified atom stereocenters. The maximum atomic E-state index is 11.8. The van der Waals surface area contributed by atoms with Gasteiger partial charge in [0.05, 0.1) is 10.7 Å². The van der Waals surface area contributed by atoms with Gasteiger partial charge in [-0.05, 0) is 12.1 Å². The Hall–Kier alpha value is -0.490. The lowest BCUT2D eigenvalue weighted by Crippen LogP contribution is -2.23. The van der Waals surface area contributed by atoms with Crippen molar-refractivity contribution in [1.82, 2.24) is 4.31 Å². The number of rotatable bonds is 2. The van der Waals surface area contributed by atoms with E-state index in [1.165, 1.54) is 26.2 Å². The molecule has 0 aliphatic carbocycles. The molecule has 0 saturated carbocycles. The van der Waals surface area contributed by atoms with E-state index < -0.39 is 10.0 Å². The fourth-order valence-corrected chi connectivity index (χ4v) is 2.86. The molecule has 0 amide bonds. The molecule has 0 aliphatic heterocycles. The highest BCUT2D eigenvalue weighted by atomic mass is 35.5. The summed E-state index contributed by atoms with van der Waals surface area (Å²) in [5.41, 5.74) is 5.61. The predicted octanol–water partition coefficient (Wildman–Crippen LogP) is 1.83. The smallest absolute Gasteiger partial charge is 0.246 e.